The van der Waals surface area contributed by atoms with Crippen LogP contribution in [0.4, 0.5) is 17.6 Å². The lowest BCUT2D eigenvalue weighted by Gasteiger charge is -2.18. The highest BCUT2D eigenvalue weighted by Gasteiger charge is 2.29. The Bertz CT molecular complexity index is 352. The molecule has 1 aromatic heterocycles. The first-order valence-electron chi connectivity index (χ1n) is 5.34. The molecule has 17 heavy (non-hydrogen) atoms. The van der Waals surface area contributed by atoms with Crippen molar-refractivity contribution in [3.63, 3.8) is 0 Å². The summed E-state index contributed by atoms with van der Waals surface area (Å²) in [5.74, 6) is -0.583. The van der Waals surface area contributed by atoms with E-state index in [-0.39, 0.29) is 12.1 Å². The van der Waals surface area contributed by atoms with Crippen molar-refractivity contribution in [1.82, 2.24) is 10.3 Å². The highest BCUT2D eigenvalue weighted by molar-refractivity contribution is 5.11. The summed E-state index contributed by atoms with van der Waals surface area (Å²) in [6.45, 7) is 2.21. The molecule has 1 rings (SSSR count). The van der Waals surface area contributed by atoms with E-state index in [0.717, 1.165) is 0 Å². The zero-order chi connectivity index (χ0) is 12.9. The van der Waals surface area contributed by atoms with E-state index in [1.165, 1.54) is 18.3 Å². The summed E-state index contributed by atoms with van der Waals surface area (Å²) in [6.07, 6.45) is -4.04. The number of nitrogens with zero attached hydrogens (tertiary/aromatic N) is 1. The standard InChI is InChI=1S/C11H14F4N2/c1-2-16-9(5-6-11(13,14)15)10-8(12)4-3-7-17-10/h3-4,7,9,16H,2,5-6H2,1H3. The van der Waals surface area contributed by atoms with Crippen LogP contribution in [0.25, 0.3) is 0 Å². The minimum Gasteiger partial charge on any atom is -0.309 e. The molecule has 1 N–H and O–H groups in total. The van der Waals surface area contributed by atoms with Crippen molar-refractivity contribution in [3.8, 4) is 0 Å². The summed E-state index contributed by atoms with van der Waals surface area (Å²) in [5.41, 5.74) is 0.0404. The van der Waals surface area contributed by atoms with Crippen molar-refractivity contribution in [1.29, 1.82) is 0 Å². The lowest BCUT2D eigenvalue weighted by atomic mass is 10.1. The second-order valence-electron chi connectivity index (χ2n) is 3.63. The van der Waals surface area contributed by atoms with E-state index in [4.69, 9.17) is 0 Å². The largest absolute Gasteiger partial charge is 0.389 e. The molecular formula is C11H14F4N2. The van der Waals surface area contributed by atoms with E-state index in [1.807, 2.05) is 0 Å². The second kappa shape index (κ2) is 5.95. The van der Waals surface area contributed by atoms with E-state index in [2.05, 4.69) is 10.3 Å². The van der Waals surface area contributed by atoms with Crippen LogP contribution in [0.1, 0.15) is 31.5 Å². The summed E-state index contributed by atoms with van der Waals surface area (Å²) in [4.78, 5) is 3.79. The van der Waals surface area contributed by atoms with Gasteiger partial charge in [-0.1, -0.05) is 6.92 Å². The lowest BCUT2D eigenvalue weighted by molar-refractivity contribution is -0.136. The maximum Gasteiger partial charge on any atom is 0.389 e. The van der Waals surface area contributed by atoms with Crippen LogP contribution in [0.15, 0.2) is 18.3 Å². The Morgan fingerprint density at radius 2 is 2.12 bits per heavy atom. The Hall–Kier alpha value is -1.17. The Kier molecular flexibility index (Phi) is 4.86. The molecule has 0 saturated carbocycles. The number of rotatable bonds is 5. The van der Waals surface area contributed by atoms with Crippen LogP contribution < -0.4 is 5.32 Å². The van der Waals surface area contributed by atoms with Gasteiger partial charge in [-0.15, -0.1) is 0 Å². The first-order chi connectivity index (χ1) is 7.94. The van der Waals surface area contributed by atoms with Gasteiger partial charge in [0.2, 0.25) is 0 Å². The van der Waals surface area contributed by atoms with Gasteiger partial charge >= 0.3 is 6.18 Å². The number of nitrogens with one attached hydrogen (secondary N) is 1. The van der Waals surface area contributed by atoms with E-state index in [9.17, 15) is 17.6 Å². The van der Waals surface area contributed by atoms with Crippen molar-refractivity contribution in [3.05, 3.63) is 29.8 Å². The fourth-order valence-corrected chi connectivity index (χ4v) is 1.54. The minimum absolute atomic E-state index is 0.0404. The first kappa shape index (κ1) is 13.9. The van der Waals surface area contributed by atoms with E-state index >= 15 is 0 Å². The molecule has 0 radical (unpaired) electrons. The van der Waals surface area contributed by atoms with E-state index < -0.39 is 24.5 Å². The van der Waals surface area contributed by atoms with Gasteiger partial charge in [-0.25, -0.2) is 4.39 Å². The van der Waals surface area contributed by atoms with Crippen LogP contribution in [0, 0.1) is 5.82 Å². The van der Waals surface area contributed by atoms with Gasteiger partial charge < -0.3 is 5.32 Å². The summed E-state index contributed by atoms with van der Waals surface area (Å²) >= 11 is 0. The first-order valence-corrected chi connectivity index (χ1v) is 5.34. The molecule has 1 heterocycles. The SMILES string of the molecule is CCNC(CCC(F)(F)F)c1ncccc1F. The Morgan fingerprint density at radius 1 is 1.41 bits per heavy atom. The quantitative estimate of drug-likeness (QED) is 0.812. The molecular weight excluding hydrogens is 236 g/mol. The summed E-state index contributed by atoms with van der Waals surface area (Å²) in [7, 11) is 0. The topological polar surface area (TPSA) is 24.9 Å². The highest BCUT2D eigenvalue weighted by Crippen LogP contribution is 2.27. The molecule has 6 heteroatoms. The van der Waals surface area contributed by atoms with E-state index in [0.29, 0.717) is 6.54 Å². The molecule has 96 valence electrons. The van der Waals surface area contributed by atoms with Crippen LogP contribution in [0.3, 0.4) is 0 Å². The fraction of sp³-hybridized carbons (Fsp3) is 0.545. The van der Waals surface area contributed by atoms with Crippen molar-refractivity contribution in [2.45, 2.75) is 32.0 Å². The number of aromatic nitrogens is 1. The van der Waals surface area contributed by atoms with Crippen molar-refractivity contribution < 1.29 is 17.6 Å². The third-order valence-corrected chi connectivity index (χ3v) is 2.28. The lowest BCUT2D eigenvalue weighted by Crippen LogP contribution is -2.24. The molecule has 0 fully saturated rings. The number of hydrogen-bond acceptors (Lipinski definition) is 2. The molecule has 0 spiro atoms. The smallest absolute Gasteiger partial charge is 0.309 e. The molecule has 0 saturated heterocycles. The second-order valence-corrected chi connectivity index (χ2v) is 3.63. The van der Waals surface area contributed by atoms with Crippen LogP contribution in [0.5, 0.6) is 0 Å². The average Bonchev–Trinajstić information content (AvgIpc) is 2.24. The molecule has 0 amide bonds. The van der Waals surface area contributed by atoms with Gasteiger partial charge in [-0.3, -0.25) is 4.98 Å². The number of hydrogen-bond donors (Lipinski definition) is 1. The van der Waals surface area contributed by atoms with Crippen molar-refractivity contribution >= 4 is 0 Å². The number of pyridine rings is 1. The Morgan fingerprint density at radius 3 is 2.65 bits per heavy atom. The van der Waals surface area contributed by atoms with Gasteiger partial charge in [0, 0.05) is 12.6 Å². The fourth-order valence-electron chi connectivity index (χ4n) is 1.54. The maximum atomic E-state index is 13.4. The maximum absolute atomic E-state index is 13.4. The summed E-state index contributed by atoms with van der Waals surface area (Å²) in [5, 5.41) is 2.81. The third kappa shape index (κ3) is 4.68. The molecule has 0 aromatic carbocycles. The van der Waals surface area contributed by atoms with Crippen LogP contribution >= 0.6 is 0 Å². The van der Waals surface area contributed by atoms with Gasteiger partial charge in [0.25, 0.3) is 0 Å². The normalized spacial score (nSPS) is 13.7. The minimum atomic E-state index is -4.24. The molecule has 1 aromatic rings. The van der Waals surface area contributed by atoms with Gasteiger partial charge in [-0.2, -0.15) is 13.2 Å². The van der Waals surface area contributed by atoms with E-state index in [1.54, 1.807) is 6.92 Å². The average molecular weight is 250 g/mol. The molecule has 0 aliphatic carbocycles. The molecule has 1 unspecified atom stereocenters. The molecule has 1 atom stereocenters. The zero-order valence-corrected chi connectivity index (χ0v) is 9.39. The van der Waals surface area contributed by atoms with Gasteiger partial charge in [0.15, 0.2) is 0 Å². The van der Waals surface area contributed by atoms with Gasteiger partial charge in [0.05, 0.1) is 11.7 Å². The van der Waals surface area contributed by atoms with Gasteiger partial charge in [0.1, 0.15) is 5.82 Å². The van der Waals surface area contributed by atoms with Crippen LogP contribution in [0.2, 0.25) is 0 Å². The molecule has 0 aliphatic rings. The predicted molar refractivity (Wildman–Crippen MR) is 55.9 cm³/mol. The predicted octanol–water partition coefficient (Wildman–Crippen LogP) is 3.21. The molecule has 2 nitrogen and oxygen atoms in total. The van der Waals surface area contributed by atoms with Gasteiger partial charge in [-0.05, 0) is 25.1 Å². The van der Waals surface area contributed by atoms with Crippen molar-refractivity contribution in [2.24, 2.45) is 0 Å². The summed E-state index contributed by atoms with van der Waals surface area (Å²) in [6, 6.07) is 1.90. The van der Waals surface area contributed by atoms with Crippen LogP contribution in [-0.2, 0) is 0 Å². The Balaban J connectivity index is 2.75. The zero-order valence-electron chi connectivity index (χ0n) is 9.39. The monoisotopic (exact) mass is 250 g/mol. The molecule has 0 aliphatic heterocycles. The van der Waals surface area contributed by atoms with Crippen LogP contribution in [-0.4, -0.2) is 17.7 Å². The number of alkyl halides is 3. The number of halogens is 4. The molecule has 0 bridgehead atoms. The highest BCUT2D eigenvalue weighted by atomic mass is 19.4. The third-order valence-electron chi connectivity index (χ3n) is 2.28. The Labute approximate surface area is 97.1 Å². The van der Waals surface area contributed by atoms with Crippen molar-refractivity contribution in [2.75, 3.05) is 6.54 Å². The summed E-state index contributed by atoms with van der Waals surface area (Å²) < 4.78 is 49.8.